The number of halogens is 1. The van der Waals surface area contributed by atoms with Crippen LogP contribution in [0, 0.1) is 23.0 Å². The number of aryl methyl sites for hydroxylation is 1. The predicted octanol–water partition coefficient (Wildman–Crippen LogP) is 3.51. The molecule has 0 radical (unpaired) electrons. The van der Waals surface area contributed by atoms with Crippen LogP contribution in [0.1, 0.15) is 31.9 Å². The van der Waals surface area contributed by atoms with Gasteiger partial charge in [-0.1, -0.05) is 49.7 Å². The van der Waals surface area contributed by atoms with E-state index in [0.29, 0.717) is 22.7 Å². The van der Waals surface area contributed by atoms with Crippen LogP contribution >= 0.6 is 11.6 Å². The lowest BCUT2D eigenvalue weighted by Gasteiger charge is -2.32. The topological polar surface area (TPSA) is 130 Å². The standard InChI is InChI=1S/C24H31ClN4O6S/c1-16(2)13-26-24(31)18(4)27(14-19-8-6-7-9-21(19)25)23(30)15-28(36(5,34)35)22-12-20(29(32)33)11-10-17(22)3/h6-12,16,18H,13-15H2,1-5H3,(H,26,31)/t18-/m0/s1. The summed E-state index contributed by atoms with van der Waals surface area (Å²) in [5, 5.41) is 14.5. The van der Waals surface area contributed by atoms with E-state index in [2.05, 4.69) is 5.32 Å². The van der Waals surface area contributed by atoms with Crippen LogP contribution < -0.4 is 9.62 Å². The summed E-state index contributed by atoms with van der Waals surface area (Å²) in [5.41, 5.74) is 0.702. The summed E-state index contributed by atoms with van der Waals surface area (Å²) in [6.07, 6.45) is 0.912. The number of nitro benzene ring substituents is 1. The fraction of sp³-hybridized carbons (Fsp3) is 0.417. The highest BCUT2D eigenvalue weighted by Crippen LogP contribution is 2.28. The Morgan fingerprint density at radius 3 is 2.33 bits per heavy atom. The third-order valence-electron chi connectivity index (χ3n) is 5.50. The van der Waals surface area contributed by atoms with Crippen molar-refractivity contribution in [2.75, 3.05) is 23.7 Å². The maximum atomic E-state index is 13.6. The normalized spacial score (nSPS) is 12.2. The number of non-ortho nitro benzene ring substituents is 1. The van der Waals surface area contributed by atoms with Gasteiger partial charge in [-0.05, 0) is 37.0 Å². The number of nitrogens with one attached hydrogen (secondary N) is 1. The zero-order valence-electron chi connectivity index (χ0n) is 20.9. The van der Waals surface area contributed by atoms with Gasteiger partial charge in [0.2, 0.25) is 21.8 Å². The van der Waals surface area contributed by atoms with Crippen LogP contribution in [0.2, 0.25) is 5.02 Å². The van der Waals surface area contributed by atoms with Crippen LogP contribution in [0.5, 0.6) is 0 Å². The van der Waals surface area contributed by atoms with Crippen molar-refractivity contribution in [3.63, 3.8) is 0 Å². The summed E-state index contributed by atoms with van der Waals surface area (Å²) in [7, 11) is -4.02. The van der Waals surface area contributed by atoms with Gasteiger partial charge in [0, 0.05) is 30.2 Å². The van der Waals surface area contributed by atoms with Crippen molar-refractivity contribution in [3.05, 3.63) is 68.7 Å². The molecule has 0 fully saturated rings. The van der Waals surface area contributed by atoms with Crippen LogP contribution in [-0.4, -0.2) is 55.4 Å². The average Bonchev–Trinajstić information content (AvgIpc) is 2.79. The van der Waals surface area contributed by atoms with Crippen molar-refractivity contribution < 1.29 is 22.9 Å². The Morgan fingerprint density at radius 2 is 1.78 bits per heavy atom. The zero-order valence-corrected chi connectivity index (χ0v) is 22.5. The number of carbonyl (C=O) groups excluding carboxylic acids is 2. The second kappa shape index (κ2) is 12.2. The molecule has 2 amide bonds. The Bertz CT molecular complexity index is 1230. The molecule has 0 heterocycles. The molecule has 1 N–H and O–H groups in total. The Morgan fingerprint density at radius 1 is 1.14 bits per heavy atom. The minimum absolute atomic E-state index is 0.00894. The van der Waals surface area contributed by atoms with Crippen molar-refractivity contribution in [2.45, 2.75) is 40.3 Å². The van der Waals surface area contributed by atoms with Crippen LogP contribution in [0.25, 0.3) is 0 Å². The average molecular weight is 539 g/mol. The molecule has 196 valence electrons. The summed E-state index contributed by atoms with van der Waals surface area (Å²) < 4.78 is 26.2. The highest BCUT2D eigenvalue weighted by Gasteiger charge is 2.31. The van der Waals surface area contributed by atoms with Gasteiger partial charge in [-0.3, -0.25) is 24.0 Å². The molecule has 0 unspecified atom stereocenters. The Labute approximate surface area is 216 Å². The Hall–Kier alpha value is -3.18. The molecule has 0 saturated heterocycles. The first kappa shape index (κ1) is 29.1. The second-order valence-electron chi connectivity index (χ2n) is 8.93. The maximum Gasteiger partial charge on any atom is 0.271 e. The van der Waals surface area contributed by atoms with E-state index in [4.69, 9.17) is 11.6 Å². The number of nitrogens with zero attached hydrogens (tertiary/aromatic N) is 3. The lowest BCUT2D eigenvalue weighted by molar-refractivity contribution is -0.384. The van der Waals surface area contributed by atoms with Crippen LogP contribution in [0.3, 0.4) is 0 Å². The molecule has 2 aromatic carbocycles. The number of hydrogen-bond donors (Lipinski definition) is 1. The number of nitro groups is 1. The summed E-state index contributed by atoms with van der Waals surface area (Å²) in [4.78, 5) is 38.3. The molecule has 0 aliphatic rings. The number of benzene rings is 2. The smallest absolute Gasteiger partial charge is 0.271 e. The van der Waals surface area contributed by atoms with Gasteiger partial charge in [0.25, 0.3) is 5.69 Å². The van der Waals surface area contributed by atoms with Gasteiger partial charge < -0.3 is 10.2 Å². The minimum Gasteiger partial charge on any atom is -0.354 e. The summed E-state index contributed by atoms with van der Waals surface area (Å²) in [6, 6.07) is 9.67. The number of hydrogen-bond acceptors (Lipinski definition) is 6. The lowest BCUT2D eigenvalue weighted by Crippen LogP contribution is -2.51. The third-order valence-corrected chi connectivity index (χ3v) is 7.00. The second-order valence-corrected chi connectivity index (χ2v) is 11.2. The van der Waals surface area contributed by atoms with Gasteiger partial charge in [-0.15, -0.1) is 0 Å². The highest BCUT2D eigenvalue weighted by atomic mass is 35.5. The van der Waals surface area contributed by atoms with Crippen molar-refractivity contribution in [3.8, 4) is 0 Å². The molecule has 0 bridgehead atoms. The molecule has 36 heavy (non-hydrogen) atoms. The van der Waals surface area contributed by atoms with Crippen molar-refractivity contribution in [2.24, 2.45) is 5.92 Å². The van der Waals surface area contributed by atoms with Gasteiger partial charge in [-0.2, -0.15) is 0 Å². The van der Waals surface area contributed by atoms with Crippen LogP contribution in [0.4, 0.5) is 11.4 Å². The predicted molar refractivity (Wildman–Crippen MR) is 139 cm³/mol. The molecule has 0 spiro atoms. The highest BCUT2D eigenvalue weighted by molar-refractivity contribution is 7.92. The fourth-order valence-electron chi connectivity index (χ4n) is 3.42. The Balaban J connectivity index is 2.47. The number of rotatable bonds is 11. The SMILES string of the molecule is Cc1ccc([N+](=O)[O-])cc1N(CC(=O)N(Cc1ccccc1Cl)[C@@H](C)C(=O)NCC(C)C)S(C)(=O)=O. The molecular formula is C24H31ClN4O6S. The van der Waals surface area contributed by atoms with Gasteiger partial charge in [0.15, 0.2) is 0 Å². The van der Waals surface area contributed by atoms with E-state index >= 15 is 0 Å². The first-order valence-corrected chi connectivity index (χ1v) is 13.5. The van der Waals surface area contributed by atoms with E-state index in [-0.39, 0.29) is 23.8 Å². The number of carbonyl (C=O) groups is 2. The molecule has 0 aromatic heterocycles. The largest absolute Gasteiger partial charge is 0.354 e. The summed E-state index contributed by atoms with van der Waals surface area (Å²) >= 11 is 6.29. The Kier molecular flexibility index (Phi) is 9.83. The first-order chi connectivity index (χ1) is 16.7. The molecule has 2 rings (SSSR count). The van der Waals surface area contributed by atoms with E-state index in [1.165, 1.54) is 17.0 Å². The molecule has 12 heteroatoms. The molecular weight excluding hydrogens is 508 g/mol. The summed E-state index contributed by atoms with van der Waals surface area (Å²) in [6.45, 7) is 6.71. The third kappa shape index (κ3) is 7.66. The molecule has 10 nitrogen and oxygen atoms in total. The number of amides is 2. The van der Waals surface area contributed by atoms with Crippen molar-refractivity contribution in [1.82, 2.24) is 10.2 Å². The fourth-order valence-corrected chi connectivity index (χ4v) is 4.51. The van der Waals surface area contributed by atoms with Crippen molar-refractivity contribution in [1.29, 1.82) is 0 Å². The molecule has 0 aliphatic heterocycles. The number of anilines is 1. The van der Waals surface area contributed by atoms with E-state index in [1.54, 1.807) is 38.1 Å². The minimum atomic E-state index is -4.02. The van der Waals surface area contributed by atoms with Gasteiger partial charge in [0.1, 0.15) is 12.6 Å². The van der Waals surface area contributed by atoms with Crippen LogP contribution in [-0.2, 0) is 26.2 Å². The maximum absolute atomic E-state index is 13.6. The summed E-state index contributed by atoms with van der Waals surface area (Å²) in [5.74, 6) is -0.883. The van der Waals surface area contributed by atoms with Crippen LogP contribution in [0.15, 0.2) is 42.5 Å². The number of sulfonamides is 1. The van der Waals surface area contributed by atoms with Crippen molar-refractivity contribution >= 4 is 44.8 Å². The van der Waals surface area contributed by atoms with Gasteiger partial charge >= 0.3 is 0 Å². The molecule has 1 atom stereocenters. The molecule has 0 saturated carbocycles. The monoisotopic (exact) mass is 538 g/mol. The first-order valence-electron chi connectivity index (χ1n) is 11.3. The van der Waals surface area contributed by atoms with E-state index in [9.17, 15) is 28.1 Å². The van der Waals surface area contributed by atoms with E-state index in [0.717, 1.165) is 16.6 Å². The molecule has 2 aromatic rings. The van der Waals surface area contributed by atoms with Gasteiger partial charge in [0.05, 0.1) is 16.9 Å². The van der Waals surface area contributed by atoms with E-state index < -0.39 is 39.3 Å². The van der Waals surface area contributed by atoms with Gasteiger partial charge in [-0.25, -0.2) is 8.42 Å². The zero-order chi connectivity index (χ0) is 27.2. The van der Waals surface area contributed by atoms with E-state index in [1.807, 2.05) is 13.8 Å². The lowest BCUT2D eigenvalue weighted by atomic mass is 10.1. The molecule has 0 aliphatic carbocycles. The quantitative estimate of drug-likeness (QED) is 0.344.